The lowest BCUT2D eigenvalue weighted by Gasteiger charge is -2.03. The smallest absolute Gasteiger partial charge is 0.117 e. The second-order valence-electron chi connectivity index (χ2n) is 1.53. The van der Waals surface area contributed by atoms with Gasteiger partial charge >= 0.3 is 0 Å². The normalized spacial score (nSPS) is 12.6. The van der Waals surface area contributed by atoms with Crippen molar-refractivity contribution in [3.63, 3.8) is 0 Å². The lowest BCUT2D eigenvalue weighted by Crippen LogP contribution is -2.05. The van der Waals surface area contributed by atoms with Crippen LogP contribution in [0.4, 0.5) is 0 Å². The van der Waals surface area contributed by atoms with E-state index in [0.717, 1.165) is 12.8 Å². The van der Waals surface area contributed by atoms with Gasteiger partial charge in [-0.15, -0.1) is 6.42 Å². The molecule has 0 N–H and O–H groups in total. The Bertz CT molecular complexity index is 80.9. The maximum absolute atomic E-state index is 5.07. The van der Waals surface area contributed by atoms with Gasteiger partial charge < -0.3 is 4.74 Å². The third-order valence-electron chi connectivity index (χ3n) is 0.937. The van der Waals surface area contributed by atoms with Gasteiger partial charge in [-0.05, 0) is 12.8 Å². The zero-order chi connectivity index (χ0) is 6.41. The third kappa shape index (κ3) is 2.65. The molecule has 8 heavy (non-hydrogen) atoms. The molecule has 1 unspecified atom stereocenters. The molecule has 0 aliphatic heterocycles. The van der Waals surface area contributed by atoms with Crippen LogP contribution in [0.15, 0.2) is 0 Å². The maximum Gasteiger partial charge on any atom is 0.117 e. The van der Waals surface area contributed by atoms with Gasteiger partial charge in [0.05, 0.1) is 0 Å². The van der Waals surface area contributed by atoms with E-state index < -0.39 is 0 Å². The van der Waals surface area contributed by atoms with E-state index in [2.05, 4.69) is 12.8 Å². The number of rotatable bonds is 3. The van der Waals surface area contributed by atoms with Crippen LogP contribution in [0, 0.1) is 19.3 Å². The Morgan fingerprint density at radius 1 is 1.88 bits per heavy atom. The Morgan fingerprint density at radius 3 is 2.62 bits per heavy atom. The molecule has 1 atom stereocenters. The molecule has 1 heteroatoms. The molecule has 1 nitrogen and oxygen atoms in total. The molecular formula is C7H11O. The molecule has 1 radical (unpaired) electrons. The van der Waals surface area contributed by atoms with Crippen molar-refractivity contribution in [2.75, 3.05) is 7.11 Å². The summed E-state index contributed by atoms with van der Waals surface area (Å²) in [7, 11) is 1.61. The van der Waals surface area contributed by atoms with Gasteiger partial charge in [0.15, 0.2) is 0 Å². The number of methoxy groups -OCH3 is 1. The van der Waals surface area contributed by atoms with Gasteiger partial charge in [0.2, 0.25) is 0 Å². The lowest BCUT2D eigenvalue weighted by molar-refractivity contribution is 0.142. The fourth-order valence-corrected chi connectivity index (χ4v) is 0.455. The minimum absolute atomic E-state index is 0.0347. The van der Waals surface area contributed by atoms with E-state index in [9.17, 15) is 0 Å². The molecule has 45 valence electrons. The molecule has 0 amide bonds. The van der Waals surface area contributed by atoms with Crippen LogP contribution >= 0.6 is 0 Å². The SMILES string of the molecule is C#CC(CC[CH2])OC. The number of hydrogen-bond acceptors (Lipinski definition) is 1. The summed E-state index contributed by atoms with van der Waals surface area (Å²) >= 11 is 0. The molecule has 0 saturated carbocycles. The quantitative estimate of drug-likeness (QED) is 0.498. The van der Waals surface area contributed by atoms with E-state index in [0.29, 0.717) is 0 Å². The highest BCUT2D eigenvalue weighted by Gasteiger charge is 1.96. The predicted molar refractivity (Wildman–Crippen MR) is 34.2 cm³/mol. The Morgan fingerprint density at radius 2 is 2.50 bits per heavy atom. The molecule has 0 bridgehead atoms. The summed E-state index contributed by atoms with van der Waals surface area (Å²) in [6.07, 6.45) is 6.72. The first-order valence-electron chi connectivity index (χ1n) is 2.63. The van der Waals surface area contributed by atoms with E-state index in [1.165, 1.54) is 0 Å². The van der Waals surface area contributed by atoms with E-state index in [4.69, 9.17) is 11.2 Å². The number of ether oxygens (including phenoxy) is 1. The van der Waals surface area contributed by atoms with E-state index in [-0.39, 0.29) is 6.10 Å². The van der Waals surface area contributed by atoms with Crippen molar-refractivity contribution in [1.29, 1.82) is 0 Å². The van der Waals surface area contributed by atoms with Gasteiger partial charge in [0.25, 0.3) is 0 Å². The van der Waals surface area contributed by atoms with Gasteiger partial charge in [-0.3, -0.25) is 0 Å². The van der Waals surface area contributed by atoms with Crippen molar-refractivity contribution in [3.8, 4) is 12.3 Å². The van der Waals surface area contributed by atoms with Crippen molar-refractivity contribution >= 4 is 0 Å². The third-order valence-corrected chi connectivity index (χ3v) is 0.937. The maximum atomic E-state index is 5.07. The van der Waals surface area contributed by atoms with Gasteiger partial charge in [0.1, 0.15) is 6.10 Å². The first-order chi connectivity index (χ1) is 3.85. The van der Waals surface area contributed by atoms with E-state index in [1.807, 2.05) is 0 Å². The fraction of sp³-hybridized carbons (Fsp3) is 0.571. The highest BCUT2D eigenvalue weighted by molar-refractivity contribution is 4.94. The molecule has 0 aromatic carbocycles. The van der Waals surface area contributed by atoms with Crippen LogP contribution in [-0.4, -0.2) is 13.2 Å². The average Bonchev–Trinajstić information content (AvgIpc) is 1.83. The van der Waals surface area contributed by atoms with Gasteiger partial charge in [-0.1, -0.05) is 12.8 Å². The van der Waals surface area contributed by atoms with E-state index in [1.54, 1.807) is 7.11 Å². The van der Waals surface area contributed by atoms with Crippen LogP contribution < -0.4 is 0 Å². The highest BCUT2D eigenvalue weighted by Crippen LogP contribution is 1.96. The molecule has 0 aromatic heterocycles. The molecule has 0 rings (SSSR count). The van der Waals surface area contributed by atoms with Crippen LogP contribution in [0.2, 0.25) is 0 Å². The van der Waals surface area contributed by atoms with Crippen molar-refractivity contribution in [2.24, 2.45) is 0 Å². The Balaban J connectivity index is 3.26. The van der Waals surface area contributed by atoms with Gasteiger partial charge in [0, 0.05) is 7.11 Å². The minimum Gasteiger partial charge on any atom is -0.369 e. The van der Waals surface area contributed by atoms with Crippen LogP contribution in [0.3, 0.4) is 0 Å². The first-order valence-corrected chi connectivity index (χ1v) is 2.63. The van der Waals surface area contributed by atoms with Crippen molar-refractivity contribution in [2.45, 2.75) is 18.9 Å². The molecule has 0 heterocycles. The highest BCUT2D eigenvalue weighted by atomic mass is 16.5. The lowest BCUT2D eigenvalue weighted by atomic mass is 10.2. The molecule has 0 aliphatic rings. The van der Waals surface area contributed by atoms with Crippen molar-refractivity contribution in [1.82, 2.24) is 0 Å². The summed E-state index contributed by atoms with van der Waals surface area (Å²) in [5.41, 5.74) is 0. The summed E-state index contributed by atoms with van der Waals surface area (Å²) < 4.78 is 4.86. The summed E-state index contributed by atoms with van der Waals surface area (Å²) in [4.78, 5) is 0. The Hall–Kier alpha value is -0.480. The van der Waals surface area contributed by atoms with Crippen LogP contribution in [0.5, 0.6) is 0 Å². The summed E-state index contributed by atoms with van der Waals surface area (Å²) in [6, 6.07) is 0. The van der Waals surface area contributed by atoms with Crippen LogP contribution in [0.25, 0.3) is 0 Å². The van der Waals surface area contributed by atoms with Crippen LogP contribution in [0.1, 0.15) is 12.8 Å². The standard InChI is InChI=1S/C7H11O/c1-4-6-7(5-2)8-3/h2,7H,1,4,6H2,3H3. The second-order valence-corrected chi connectivity index (χ2v) is 1.53. The zero-order valence-corrected chi connectivity index (χ0v) is 5.18. The Labute approximate surface area is 51.0 Å². The van der Waals surface area contributed by atoms with Crippen molar-refractivity contribution in [3.05, 3.63) is 6.92 Å². The molecule has 0 spiro atoms. The fourth-order valence-electron chi connectivity index (χ4n) is 0.455. The first kappa shape index (κ1) is 7.52. The molecule has 0 aromatic rings. The minimum atomic E-state index is -0.0347. The number of terminal acetylenes is 1. The second kappa shape index (κ2) is 4.67. The Kier molecular flexibility index (Phi) is 4.39. The van der Waals surface area contributed by atoms with Gasteiger partial charge in [-0.2, -0.15) is 0 Å². The zero-order valence-electron chi connectivity index (χ0n) is 5.18. The molecule has 0 saturated heterocycles. The molecule has 0 fully saturated rings. The van der Waals surface area contributed by atoms with Crippen LogP contribution in [-0.2, 0) is 4.74 Å². The largest absolute Gasteiger partial charge is 0.369 e. The monoisotopic (exact) mass is 111 g/mol. The summed E-state index contributed by atoms with van der Waals surface area (Å²) in [5, 5.41) is 0. The summed E-state index contributed by atoms with van der Waals surface area (Å²) in [5.74, 6) is 2.49. The van der Waals surface area contributed by atoms with Crippen molar-refractivity contribution < 1.29 is 4.74 Å². The molecule has 0 aliphatic carbocycles. The average molecular weight is 111 g/mol. The summed E-state index contributed by atoms with van der Waals surface area (Å²) in [6.45, 7) is 3.65. The topological polar surface area (TPSA) is 9.23 Å². The number of hydrogen-bond donors (Lipinski definition) is 0. The predicted octanol–water partition coefficient (Wildman–Crippen LogP) is 1.25. The molecular weight excluding hydrogens is 100 g/mol. The van der Waals surface area contributed by atoms with E-state index >= 15 is 0 Å². The van der Waals surface area contributed by atoms with Gasteiger partial charge in [-0.25, -0.2) is 0 Å².